The molecule has 3 aromatic rings. The molecule has 4 rings (SSSR count). The molecule has 164 valence electrons. The molecule has 6 heteroatoms. The number of hydrogen-bond acceptors (Lipinski definition) is 5. The highest BCUT2D eigenvalue weighted by atomic mass is 32.1. The topological polar surface area (TPSA) is 64.6 Å². The normalized spacial score (nSPS) is 12.9. The summed E-state index contributed by atoms with van der Waals surface area (Å²) in [5, 5.41) is 3.44. The third-order valence-corrected chi connectivity index (χ3v) is 6.56. The van der Waals surface area contributed by atoms with Crippen LogP contribution in [0.4, 0.5) is 5.00 Å². The van der Waals surface area contributed by atoms with Crippen LogP contribution in [0.5, 0.6) is 5.75 Å². The van der Waals surface area contributed by atoms with Gasteiger partial charge in [-0.25, -0.2) is 4.79 Å². The van der Waals surface area contributed by atoms with E-state index in [2.05, 4.69) is 5.32 Å². The van der Waals surface area contributed by atoms with Gasteiger partial charge in [-0.15, -0.1) is 11.3 Å². The van der Waals surface area contributed by atoms with E-state index in [1.165, 1.54) is 29.4 Å². The molecule has 0 radical (unpaired) electrons. The molecule has 0 saturated carbocycles. The van der Waals surface area contributed by atoms with E-state index in [0.717, 1.165) is 48.1 Å². The van der Waals surface area contributed by atoms with Crippen LogP contribution in [-0.4, -0.2) is 19.0 Å². The maximum absolute atomic E-state index is 12.5. The Labute approximate surface area is 191 Å². The van der Waals surface area contributed by atoms with Crippen LogP contribution in [0, 0.1) is 0 Å². The fourth-order valence-electron chi connectivity index (χ4n) is 3.71. The Morgan fingerprint density at radius 1 is 1.03 bits per heavy atom. The molecule has 0 fully saturated rings. The largest absolute Gasteiger partial charge is 0.489 e. The molecule has 2 aromatic carbocycles. The first-order chi connectivity index (χ1) is 15.6. The second-order valence-corrected chi connectivity index (χ2v) is 8.68. The molecule has 1 N–H and O–H groups in total. The zero-order valence-corrected chi connectivity index (χ0v) is 18.7. The highest BCUT2D eigenvalue weighted by Gasteiger charge is 2.26. The molecule has 1 aliphatic rings. The third-order valence-electron chi connectivity index (χ3n) is 5.35. The summed E-state index contributed by atoms with van der Waals surface area (Å²) in [4.78, 5) is 26.0. The molecule has 1 aliphatic carbocycles. The van der Waals surface area contributed by atoms with Crippen molar-refractivity contribution in [2.75, 3.05) is 12.4 Å². The number of methoxy groups -OCH3 is 1. The van der Waals surface area contributed by atoms with E-state index in [-0.39, 0.29) is 5.91 Å². The van der Waals surface area contributed by atoms with Crippen LogP contribution in [0.2, 0.25) is 0 Å². The van der Waals surface area contributed by atoms with Crippen molar-refractivity contribution in [3.05, 3.63) is 87.8 Å². The lowest BCUT2D eigenvalue weighted by Crippen LogP contribution is -2.13. The Balaban J connectivity index is 1.38. The summed E-state index contributed by atoms with van der Waals surface area (Å²) in [6.45, 7) is 0.506. The number of esters is 1. The molecule has 0 unspecified atom stereocenters. The van der Waals surface area contributed by atoms with Gasteiger partial charge in [0.2, 0.25) is 5.91 Å². The van der Waals surface area contributed by atoms with Crippen LogP contribution in [0.25, 0.3) is 6.08 Å². The molecule has 5 nitrogen and oxygen atoms in total. The predicted molar refractivity (Wildman–Crippen MR) is 127 cm³/mol. The molecule has 32 heavy (non-hydrogen) atoms. The zero-order valence-electron chi connectivity index (χ0n) is 17.9. The van der Waals surface area contributed by atoms with E-state index in [1.807, 2.05) is 54.6 Å². The van der Waals surface area contributed by atoms with Gasteiger partial charge in [0.25, 0.3) is 0 Å². The van der Waals surface area contributed by atoms with Gasteiger partial charge in [0.15, 0.2) is 0 Å². The van der Waals surface area contributed by atoms with Gasteiger partial charge in [0, 0.05) is 11.0 Å². The second kappa shape index (κ2) is 10.3. The number of nitrogens with one attached hydrogen (secondary N) is 1. The summed E-state index contributed by atoms with van der Waals surface area (Å²) in [7, 11) is 1.37. The quantitative estimate of drug-likeness (QED) is 0.376. The van der Waals surface area contributed by atoms with Crippen LogP contribution in [-0.2, 0) is 29.0 Å². The van der Waals surface area contributed by atoms with Crippen molar-refractivity contribution in [1.82, 2.24) is 0 Å². The van der Waals surface area contributed by atoms with Gasteiger partial charge < -0.3 is 14.8 Å². The minimum Gasteiger partial charge on any atom is -0.489 e. The Kier molecular flexibility index (Phi) is 7.02. The minimum atomic E-state index is -0.394. The lowest BCUT2D eigenvalue weighted by Gasteiger charge is -2.11. The van der Waals surface area contributed by atoms with Crippen LogP contribution in [0.15, 0.2) is 60.7 Å². The zero-order chi connectivity index (χ0) is 22.3. The summed E-state index contributed by atoms with van der Waals surface area (Å²) in [5.74, 6) is 0.0928. The number of carbonyl (C=O) groups is 2. The lowest BCUT2D eigenvalue weighted by atomic mass is 9.95. The average Bonchev–Trinajstić information content (AvgIpc) is 3.20. The fraction of sp³-hybridized carbons (Fsp3) is 0.231. The Morgan fingerprint density at radius 2 is 1.78 bits per heavy atom. The molecule has 0 aliphatic heterocycles. The molecule has 1 heterocycles. The Bertz CT molecular complexity index is 1120. The van der Waals surface area contributed by atoms with Gasteiger partial charge in [-0.1, -0.05) is 42.5 Å². The van der Waals surface area contributed by atoms with E-state index in [1.54, 1.807) is 6.08 Å². The van der Waals surface area contributed by atoms with Gasteiger partial charge in [-0.3, -0.25) is 4.79 Å². The van der Waals surface area contributed by atoms with Crippen molar-refractivity contribution >= 4 is 34.3 Å². The number of carbonyl (C=O) groups excluding carboxylic acids is 2. The first kappa shape index (κ1) is 21.8. The second-order valence-electron chi connectivity index (χ2n) is 7.57. The van der Waals surface area contributed by atoms with Gasteiger partial charge in [-0.2, -0.15) is 0 Å². The molecule has 0 bridgehead atoms. The van der Waals surface area contributed by atoms with Crippen molar-refractivity contribution < 1.29 is 19.1 Å². The number of thiophene rings is 1. The number of aryl methyl sites for hydroxylation is 1. The fourth-order valence-corrected chi connectivity index (χ4v) is 4.99. The van der Waals surface area contributed by atoms with Crippen LogP contribution < -0.4 is 10.1 Å². The SMILES string of the molecule is COC(=O)c1c(NC(=O)C=Cc2ccc(OCc3ccccc3)cc2)sc2c1CCCC2. The number of hydrogen-bond donors (Lipinski definition) is 1. The Hall–Kier alpha value is -3.38. The number of rotatable bonds is 7. The van der Waals surface area contributed by atoms with Crippen LogP contribution in [0.3, 0.4) is 0 Å². The van der Waals surface area contributed by atoms with E-state index >= 15 is 0 Å². The van der Waals surface area contributed by atoms with E-state index in [4.69, 9.17) is 9.47 Å². The number of amides is 1. The first-order valence-electron chi connectivity index (χ1n) is 10.6. The van der Waals surface area contributed by atoms with Crippen LogP contribution in [0.1, 0.15) is 44.8 Å². The van der Waals surface area contributed by atoms with Gasteiger partial charge in [0.05, 0.1) is 12.7 Å². The van der Waals surface area contributed by atoms with Gasteiger partial charge in [-0.05, 0) is 60.6 Å². The molecule has 0 saturated heterocycles. The molecule has 0 spiro atoms. The van der Waals surface area contributed by atoms with Gasteiger partial charge in [0.1, 0.15) is 17.4 Å². The number of benzene rings is 2. The summed E-state index contributed by atoms with van der Waals surface area (Å²) in [6.07, 6.45) is 7.15. The number of ether oxygens (including phenoxy) is 2. The minimum absolute atomic E-state index is 0.279. The highest BCUT2D eigenvalue weighted by Crippen LogP contribution is 2.38. The standard InChI is InChI=1S/C26H25NO4S/c1-30-26(29)24-21-9-5-6-10-22(21)32-25(24)27-23(28)16-13-18-11-14-20(15-12-18)31-17-19-7-3-2-4-8-19/h2-4,7-8,11-16H,5-6,9-10,17H2,1H3,(H,27,28). The lowest BCUT2D eigenvalue weighted by molar-refractivity contribution is -0.111. The summed E-state index contributed by atoms with van der Waals surface area (Å²) in [5.41, 5.74) is 3.52. The number of fused-ring (bicyclic) bond motifs is 1. The smallest absolute Gasteiger partial charge is 0.341 e. The average molecular weight is 448 g/mol. The molecule has 0 atom stereocenters. The summed E-state index contributed by atoms with van der Waals surface area (Å²) >= 11 is 1.48. The Morgan fingerprint density at radius 3 is 2.53 bits per heavy atom. The van der Waals surface area contributed by atoms with Crippen molar-refractivity contribution in [3.63, 3.8) is 0 Å². The first-order valence-corrected chi connectivity index (χ1v) is 11.4. The summed E-state index contributed by atoms with van der Waals surface area (Å²) < 4.78 is 10.7. The van der Waals surface area contributed by atoms with Gasteiger partial charge >= 0.3 is 5.97 Å². The predicted octanol–water partition coefficient (Wildman–Crippen LogP) is 5.64. The summed E-state index contributed by atoms with van der Waals surface area (Å²) in [6, 6.07) is 17.5. The molecular formula is C26H25NO4S. The van der Waals surface area contributed by atoms with Crippen molar-refractivity contribution in [3.8, 4) is 5.75 Å². The maximum atomic E-state index is 12.5. The monoisotopic (exact) mass is 447 g/mol. The number of anilines is 1. The molecule has 1 aromatic heterocycles. The van der Waals surface area contributed by atoms with Crippen LogP contribution >= 0.6 is 11.3 Å². The van der Waals surface area contributed by atoms with Crippen molar-refractivity contribution in [1.29, 1.82) is 0 Å². The van der Waals surface area contributed by atoms with Crippen molar-refractivity contribution in [2.24, 2.45) is 0 Å². The maximum Gasteiger partial charge on any atom is 0.341 e. The highest BCUT2D eigenvalue weighted by molar-refractivity contribution is 7.17. The van der Waals surface area contributed by atoms with E-state index in [9.17, 15) is 9.59 Å². The third kappa shape index (κ3) is 5.26. The molecular weight excluding hydrogens is 422 g/mol. The van der Waals surface area contributed by atoms with E-state index < -0.39 is 5.97 Å². The van der Waals surface area contributed by atoms with E-state index in [0.29, 0.717) is 17.2 Å². The molecule has 1 amide bonds. The van der Waals surface area contributed by atoms with Crippen molar-refractivity contribution in [2.45, 2.75) is 32.3 Å².